The number of aliphatic imine (C=N–C) groups is 1. The molecule has 1 aromatic heterocycles. The fraction of sp³-hybridized carbons (Fsp3) is 0.400. The van der Waals surface area contributed by atoms with E-state index in [9.17, 15) is 0 Å². The summed E-state index contributed by atoms with van der Waals surface area (Å²) in [5.74, 6) is 1.89. The molecule has 1 aromatic carbocycles. The molecule has 1 N–H and O–H groups in total. The summed E-state index contributed by atoms with van der Waals surface area (Å²) in [5, 5.41) is 4.25. The molecule has 0 radical (unpaired) electrons. The average Bonchev–Trinajstić information content (AvgIpc) is 2.69. The topological polar surface area (TPSA) is 47.0 Å². The Hall–Kier alpha value is -2.47. The highest BCUT2D eigenvalue weighted by Gasteiger charge is 2.20. The third-order valence-corrected chi connectivity index (χ3v) is 4.92. The molecule has 0 amide bonds. The minimum atomic E-state index is 0.727. The first-order valence-corrected chi connectivity index (χ1v) is 9.53. The van der Waals surface area contributed by atoms with Crippen LogP contribution in [0.15, 0.2) is 47.6 Å². The van der Waals surface area contributed by atoms with Crippen molar-refractivity contribution in [3.63, 3.8) is 0 Å². The highest BCUT2D eigenvalue weighted by Crippen LogP contribution is 2.20. The molecule has 1 aliphatic heterocycles. The lowest BCUT2D eigenvalue weighted by Gasteiger charge is -2.37. The van der Waals surface area contributed by atoms with E-state index in [0.717, 1.165) is 49.5 Å². The lowest BCUT2D eigenvalue weighted by molar-refractivity contribution is 0.372. The van der Waals surface area contributed by atoms with Crippen molar-refractivity contribution in [3.8, 4) is 0 Å². The molecule has 0 saturated carbocycles. The van der Waals surface area contributed by atoms with Gasteiger partial charge in [0.15, 0.2) is 5.96 Å². The molecule has 144 valence electrons. The van der Waals surface area contributed by atoms with E-state index in [0.29, 0.717) is 0 Å². The number of guanidine groups is 1. The van der Waals surface area contributed by atoms with Gasteiger partial charge in [-0.15, -0.1) is 0 Å². The Morgan fingerprint density at radius 1 is 1.19 bits per heavy atom. The van der Waals surface area contributed by atoms with Crippen LogP contribution in [-0.2, 0) is 6.54 Å². The van der Waals surface area contributed by atoms with Gasteiger partial charge in [0.05, 0.1) is 0 Å². The van der Waals surface area contributed by atoms with Gasteiger partial charge in [-0.1, -0.05) is 17.7 Å². The van der Waals surface area contributed by atoms with Crippen LogP contribution in [-0.4, -0.2) is 63.2 Å². The zero-order valence-corrected chi connectivity index (χ0v) is 16.9. The van der Waals surface area contributed by atoms with Gasteiger partial charge < -0.3 is 20.0 Å². The monoisotopic (exact) mass is 386 g/mol. The zero-order chi connectivity index (χ0) is 19.2. The van der Waals surface area contributed by atoms with Crippen molar-refractivity contribution >= 4 is 29.1 Å². The number of rotatable bonds is 4. The molecule has 2 aromatic rings. The Labute approximate surface area is 166 Å². The molecular weight excluding hydrogens is 360 g/mol. The summed E-state index contributed by atoms with van der Waals surface area (Å²) in [6, 6.07) is 12.2. The lowest BCUT2D eigenvalue weighted by atomic mass is 10.2. The summed E-state index contributed by atoms with van der Waals surface area (Å²) in [4.78, 5) is 15.5. The van der Waals surface area contributed by atoms with Crippen LogP contribution in [0, 0.1) is 0 Å². The molecular formula is C20H27ClN6. The maximum atomic E-state index is 6.12. The van der Waals surface area contributed by atoms with E-state index < -0.39 is 0 Å². The first kappa shape index (κ1) is 19.3. The summed E-state index contributed by atoms with van der Waals surface area (Å²) >= 11 is 6.12. The van der Waals surface area contributed by atoms with E-state index in [4.69, 9.17) is 11.6 Å². The molecule has 7 heteroatoms. The summed E-state index contributed by atoms with van der Waals surface area (Å²) in [5.41, 5.74) is 2.37. The first-order valence-electron chi connectivity index (χ1n) is 9.15. The molecule has 0 unspecified atom stereocenters. The van der Waals surface area contributed by atoms with Gasteiger partial charge in [0.2, 0.25) is 0 Å². The van der Waals surface area contributed by atoms with Crippen LogP contribution in [0.5, 0.6) is 0 Å². The summed E-state index contributed by atoms with van der Waals surface area (Å²) in [6.07, 6.45) is 1.85. The lowest BCUT2D eigenvalue weighted by Crippen LogP contribution is -2.52. The fourth-order valence-corrected chi connectivity index (χ4v) is 3.36. The smallest absolute Gasteiger partial charge is 0.194 e. The van der Waals surface area contributed by atoms with Crippen molar-refractivity contribution in [3.05, 3.63) is 53.2 Å². The molecule has 1 aliphatic rings. The van der Waals surface area contributed by atoms with Gasteiger partial charge in [-0.25, -0.2) is 4.98 Å². The largest absolute Gasteiger partial charge is 0.368 e. The van der Waals surface area contributed by atoms with E-state index >= 15 is 0 Å². The molecule has 27 heavy (non-hydrogen) atoms. The van der Waals surface area contributed by atoms with E-state index in [2.05, 4.69) is 37.2 Å². The Kier molecular flexibility index (Phi) is 6.40. The predicted molar refractivity (Wildman–Crippen MR) is 114 cm³/mol. The maximum absolute atomic E-state index is 6.12. The van der Waals surface area contributed by atoms with Crippen molar-refractivity contribution in [2.45, 2.75) is 6.54 Å². The van der Waals surface area contributed by atoms with E-state index in [1.54, 1.807) is 0 Å². The molecule has 2 heterocycles. The van der Waals surface area contributed by atoms with Crippen LogP contribution in [0.1, 0.15) is 5.56 Å². The van der Waals surface area contributed by atoms with Crippen molar-refractivity contribution < 1.29 is 0 Å². The molecule has 1 fully saturated rings. The van der Waals surface area contributed by atoms with Crippen LogP contribution < -0.4 is 15.1 Å². The number of nitrogens with zero attached hydrogens (tertiary/aromatic N) is 5. The molecule has 0 spiro atoms. The molecule has 1 saturated heterocycles. The van der Waals surface area contributed by atoms with Crippen molar-refractivity contribution in [2.24, 2.45) is 4.99 Å². The first-order chi connectivity index (χ1) is 13.1. The second-order valence-corrected chi connectivity index (χ2v) is 7.21. The summed E-state index contributed by atoms with van der Waals surface area (Å²) in [6.45, 7) is 4.46. The minimum Gasteiger partial charge on any atom is -0.368 e. The molecule has 3 rings (SSSR count). The Morgan fingerprint density at radius 3 is 2.63 bits per heavy atom. The highest BCUT2D eigenvalue weighted by molar-refractivity contribution is 6.30. The molecule has 6 nitrogen and oxygen atoms in total. The number of halogens is 1. The van der Waals surface area contributed by atoms with Gasteiger partial charge in [-0.3, -0.25) is 4.99 Å². The molecule has 0 atom stereocenters. The normalized spacial score (nSPS) is 15.0. The van der Waals surface area contributed by atoms with Crippen LogP contribution in [0.3, 0.4) is 0 Å². The van der Waals surface area contributed by atoms with Gasteiger partial charge in [-0.2, -0.15) is 0 Å². The van der Waals surface area contributed by atoms with Crippen molar-refractivity contribution in [1.82, 2.24) is 15.2 Å². The number of piperazine rings is 1. The van der Waals surface area contributed by atoms with Gasteiger partial charge in [-0.05, 0) is 35.9 Å². The third kappa shape index (κ3) is 5.04. The fourth-order valence-electron chi connectivity index (χ4n) is 3.18. The quantitative estimate of drug-likeness (QED) is 0.646. The second kappa shape index (κ2) is 8.95. The summed E-state index contributed by atoms with van der Waals surface area (Å²) in [7, 11) is 5.83. The molecule has 0 aliphatic carbocycles. The van der Waals surface area contributed by atoms with E-state index in [1.165, 1.54) is 11.3 Å². The zero-order valence-electron chi connectivity index (χ0n) is 16.2. The van der Waals surface area contributed by atoms with Gasteiger partial charge in [0.25, 0.3) is 0 Å². The van der Waals surface area contributed by atoms with Gasteiger partial charge in [0, 0.05) is 70.8 Å². The molecule has 0 bridgehead atoms. The number of pyridine rings is 1. The Morgan fingerprint density at radius 2 is 1.96 bits per heavy atom. The predicted octanol–water partition coefficient (Wildman–Crippen LogP) is 2.70. The number of benzene rings is 1. The standard InChI is InChI=1S/C20H27ClN6/c1-22-20(24-15-16-7-8-23-19(13-16)25(2)3)27-11-9-26(10-12-27)18-6-4-5-17(21)14-18/h4-8,13-14H,9-12,15H2,1-3H3,(H,22,24). The average molecular weight is 387 g/mol. The van der Waals surface area contributed by atoms with Gasteiger partial charge in [0.1, 0.15) is 5.82 Å². The maximum Gasteiger partial charge on any atom is 0.194 e. The minimum absolute atomic E-state index is 0.727. The number of hydrogen-bond donors (Lipinski definition) is 1. The van der Waals surface area contributed by atoms with Crippen LogP contribution in [0.25, 0.3) is 0 Å². The van der Waals surface area contributed by atoms with Crippen LogP contribution in [0.2, 0.25) is 5.02 Å². The van der Waals surface area contributed by atoms with E-state index in [-0.39, 0.29) is 0 Å². The van der Waals surface area contributed by atoms with Gasteiger partial charge >= 0.3 is 0 Å². The number of nitrogens with one attached hydrogen (secondary N) is 1. The van der Waals surface area contributed by atoms with Crippen molar-refractivity contribution in [2.75, 3.05) is 57.1 Å². The Balaban J connectivity index is 1.55. The highest BCUT2D eigenvalue weighted by atomic mass is 35.5. The van der Waals surface area contributed by atoms with Crippen LogP contribution in [0.4, 0.5) is 11.5 Å². The SMILES string of the molecule is CN=C(NCc1ccnc(N(C)C)c1)N1CCN(c2cccc(Cl)c2)CC1. The number of aromatic nitrogens is 1. The second-order valence-electron chi connectivity index (χ2n) is 6.77. The Bertz CT molecular complexity index is 784. The number of anilines is 2. The number of hydrogen-bond acceptors (Lipinski definition) is 4. The van der Waals surface area contributed by atoms with Crippen molar-refractivity contribution in [1.29, 1.82) is 0 Å². The third-order valence-electron chi connectivity index (χ3n) is 4.68. The van der Waals surface area contributed by atoms with Crippen LogP contribution >= 0.6 is 11.6 Å². The summed E-state index contributed by atoms with van der Waals surface area (Å²) < 4.78 is 0. The van der Waals surface area contributed by atoms with E-state index in [1.807, 2.05) is 56.5 Å².